The lowest BCUT2D eigenvalue weighted by Crippen LogP contribution is -2.41. The lowest BCUT2D eigenvalue weighted by atomic mass is 9.80. The quantitative estimate of drug-likeness (QED) is 0.362. The molecular weight excluding hydrogens is 489 g/mol. The van der Waals surface area contributed by atoms with E-state index in [1.807, 2.05) is 0 Å². The fourth-order valence-electron chi connectivity index (χ4n) is 3.54. The number of anilines is 1. The monoisotopic (exact) mass is 503 g/mol. The van der Waals surface area contributed by atoms with Crippen molar-refractivity contribution in [3.05, 3.63) is 51.8 Å². The van der Waals surface area contributed by atoms with Gasteiger partial charge in [-0.05, 0) is 24.6 Å². The van der Waals surface area contributed by atoms with Crippen molar-refractivity contribution in [1.82, 2.24) is 4.57 Å². The maximum absolute atomic E-state index is 15.1. The van der Waals surface area contributed by atoms with E-state index in [1.54, 1.807) is 6.07 Å². The summed E-state index contributed by atoms with van der Waals surface area (Å²) in [5, 5.41) is 10.4. The van der Waals surface area contributed by atoms with E-state index in [4.69, 9.17) is 21.6 Å². The zero-order chi connectivity index (χ0) is 25.4. The molecule has 3 rings (SSSR count). The largest absolute Gasteiger partial charge is 0.397 e. The van der Waals surface area contributed by atoms with E-state index in [9.17, 15) is 31.9 Å². The van der Waals surface area contributed by atoms with Crippen molar-refractivity contribution in [2.45, 2.75) is 19.0 Å². The number of carbonyl (C=O) groups excluding carboxylic acids is 3. The lowest BCUT2D eigenvalue weighted by molar-refractivity contribution is -0.224. The van der Waals surface area contributed by atoms with Gasteiger partial charge in [0.2, 0.25) is 11.6 Å². The molecule has 1 amide bonds. The molecule has 2 aromatic rings. The second-order valence-corrected chi connectivity index (χ2v) is 8.02. The van der Waals surface area contributed by atoms with Gasteiger partial charge in [0.1, 0.15) is 22.7 Å². The molecule has 13 heteroatoms. The Labute approximate surface area is 194 Å². The molecule has 0 bridgehead atoms. The van der Waals surface area contributed by atoms with Crippen LogP contribution in [0.5, 0.6) is 0 Å². The van der Waals surface area contributed by atoms with Crippen LogP contribution in [0.1, 0.15) is 39.3 Å². The number of hydrogen-bond donors (Lipinski definition) is 1. The maximum atomic E-state index is 15.1. The molecule has 0 aliphatic carbocycles. The number of ether oxygens (including phenoxy) is 1. The highest BCUT2D eigenvalue weighted by atomic mass is 35.5. The summed E-state index contributed by atoms with van der Waals surface area (Å²) < 4.78 is 74.6. The number of nitrogens with zero attached hydrogens (tertiary/aromatic N) is 2. The average molecular weight is 504 g/mol. The van der Waals surface area contributed by atoms with Gasteiger partial charge < -0.3 is 14.6 Å². The number of hydrogen-bond acceptors (Lipinski definition) is 5. The minimum atomic E-state index is -4.85. The number of rotatable bonds is 6. The van der Waals surface area contributed by atoms with Crippen LogP contribution in [-0.4, -0.2) is 41.4 Å². The number of Topliss-reactive ketones (excluding diaryl/α,β-unsaturated/α-hetero) is 2. The van der Waals surface area contributed by atoms with Crippen LogP contribution in [0.4, 0.5) is 27.6 Å². The number of halogens is 6. The average Bonchev–Trinajstić information content (AvgIpc) is 3.32. The van der Waals surface area contributed by atoms with Crippen LogP contribution < -0.4 is 5.32 Å². The van der Waals surface area contributed by atoms with E-state index in [1.165, 1.54) is 0 Å². The van der Waals surface area contributed by atoms with Gasteiger partial charge in [-0.2, -0.15) is 18.4 Å². The first-order valence-corrected chi connectivity index (χ1v) is 9.97. The molecule has 180 valence electrons. The molecule has 1 aromatic heterocycles. The molecule has 0 saturated carbocycles. The number of ketones is 2. The normalized spacial score (nSPS) is 17.9. The van der Waals surface area contributed by atoms with Crippen LogP contribution in [0.15, 0.2) is 18.2 Å². The van der Waals surface area contributed by atoms with Gasteiger partial charge in [0, 0.05) is 25.8 Å². The molecule has 7 nitrogen and oxygen atoms in total. The zero-order valence-electron chi connectivity index (χ0n) is 17.4. The highest BCUT2D eigenvalue weighted by molar-refractivity contribution is 6.47. The van der Waals surface area contributed by atoms with Crippen LogP contribution >= 0.6 is 11.6 Å². The van der Waals surface area contributed by atoms with E-state index in [0.717, 1.165) is 29.8 Å². The molecule has 1 aliphatic rings. The Hall–Kier alpha value is -3.30. The minimum Gasteiger partial charge on any atom is -0.380 e. The second kappa shape index (κ2) is 9.15. The van der Waals surface area contributed by atoms with Crippen LogP contribution in [-0.2, 0) is 16.6 Å². The van der Waals surface area contributed by atoms with Gasteiger partial charge in [-0.15, -0.1) is 0 Å². The molecule has 1 saturated heterocycles. The third-order valence-corrected chi connectivity index (χ3v) is 5.95. The zero-order valence-corrected chi connectivity index (χ0v) is 18.1. The minimum absolute atomic E-state index is 0.0861. The van der Waals surface area contributed by atoms with Crippen molar-refractivity contribution < 1.29 is 41.1 Å². The Bertz CT molecular complexity index is 1230. The van der Waals surface area contributed by atoms with E-state index in [2.05, 4.69) is 5.32 Å². The molecule has 0 spiro atoms. The summed E-state index contributed by atoms with van der Waals surface area (Å²) in [5.74, 6) is -6.71. The summed E-state index contributed by atoms with van der Waals surface area (Å²) in [6, 6.07) is 4.51. The van der Waals surface area contributed by atoms with Crippen molar-refractivity contribution in [2.75, 3.05) is 18.5 Å². The molecule has 1 fully saturated rings. The third-order valence-electron chi connectivity index (χ3n) is 5.51. The molecular formula is C21H15ClF5N3O4. The van der Waals surface area contributed by atoms with Gasteiger partial charge in [-0.3, -0.25) is 14.4 Å². The molecule has 34 heavy (non-hydrogen) atoms. The van der Waals surface area contributed by atoms with Crippen molar-refractivity contribution in [3.63, 3.8) is 0 Å². The number of alkyl halides is 3. The summed E-state index contributed by atoms with van der Waals surface area (Å²) in [6.45, 7) is -1.08. The topological polar surface area (TPSA) is 101 Å². The summed E-state index contributed by atoms with van der Waals surface area (Å²) in [7, 11) is 1.09. The predicted molar refractivity (Wildman–Crippen MR) is 107 cm³/mol. The lowest BCUT2D eigenvalue weighted by Gasteiger charge is -2.28. The summed E-state index contributed by atoms with van der Waals surface area (Å²) in [6.07, 6.45) is -6.66. The van der Waals surface area contributed by atoms with Gasteiger partial charge in [0.05, 0.1) is 23.1 Å². The Kier molecular flexibility index (Phi) is 6.82. The van der Waals surface area contributed by atoms with Crippen LogP contribution in [0, 0.1) is 28.4 Å². The SMILES string of the molecule is Cn1c(Cl)c(C(=O)C(=O)CC2(C(F)(F)F)CCOC2)c(F)c1C(=O)Nc1ccc(F)c(C#N)c1. The maximum Gasteiger partial charge on any atom is 0.397 e. The number of nitriles is 1. The smallest absolute Gasteiger partial charge is 0.380 e. The van der Waals surface area contributed by atoms with Crippen LogP contribution in [0.25, 0.3) is 0 Å². The number of nitrogens with one attached hydrogen (secondary N) is 1. The van der Waals surface area contributed by atoms with E-state index < -0.39 is 82.1 Å². The fraction of sp³-hybridized carbons (Fsp3) is 0.333. The molecule has 1 atom stereocenters. The summed E-state index contributed by atoms with van der Waals surface area (Å²) >= 11 is 5.95. The van der Waals surface area contributed by atoms with Crippen molar-refractivity contribution >= 4 is 34.8 Å². The van der Waals surface area contributed by atoms with Crippen LogP contribution in [0.3, 0.4) is 0 Å². The third kappa shape index (κ3) is 4.41. The van der Waals surface area contributed by atoms with Gasteiger partial charge in [-0.25, -0.2) is 8.78 Å². The van der Waals surface area contributed by atoms with Crippen molar-refractivity contribution in [2.24, 2.45) is 12.5 Å². The Morgan fingerprint density at radius 2 is 1.97 bits per heavy atom. The van der Waals surface area contributed by atoms with Crippen LogP contribution in [0.2, 0.25) is 5.15 Å². The van der Waals surface area contributed by atoms with Gasteiger partial charge in [-0.1, -0.05) is 11.6 Å². The van der Waals surface area contributed by atoms with Gasteiger partial charge in [0.15, 0.2) is 5.82 Å². The highest BCUT2D eigenvalue weighted by Gasteiger charge is 2.58. The first kappa shape index (κ1) is 25.3. The molecule has 1 N–H and O–H groups in total. The number of amides is 1. The number of aromatic nitrogens is 1. The first-order valence-electron chi connectivity index (χ1n) is 9.59. The predicted octanol–water partition coefficient (Wildman–Crippen LogP) is 4.19. The van der Waals surface area contributed by atoms with Crippen molar-refractivity contribution in [3.8, 4) is 6.07 Å². The second-order valence-electron chi connectivity index (χ2n) is 7.66. The standard InChI is InChI=1S/C21H15ClF5N3O4/c1-30-16(19(33)29-11-2-3-12(23)10(6-11)8-28)15(24)14(18(30)22)17(32)13(31)7-20(21(25,26)27)4-5-34-9-20/h2-3,6H,4-5,7,9H2,1H3,(H,29,33). The molecule has 1 aliphatic heterocycles. The van der Waals surface area contributed by atoms with Crippen molar-refractivity contribution in [1.29, 1.82) is 5.26 Å². The van der Waals surface area contributed by atoms with E-state index in [-0.39, 0.29) is 12.3 Å². The Morgan fingerprint density at radius 1 is 1.29 bits per heavy atom. The summed E-state index contributed by atoms with van der Waals surface area (Å²) in [5.41, 5.74) is -4.93. The molecule has 1 aromatic carbocycles. The molecule has 2 heterocycles. The Morgan fingerprint density at radius 3 is 2.53 bits per heavy atom. The van der Waals surface area contributed by atoms with Gasteiger partial charge in [0.25, 0.3) is 5.91 Å². The Balaban J connectivity index is 1.90. The van der Waals surface area contributed by atoms with E-state index >= 15 is 4.39 Å². The van der Waals surface area contributed by atoms with Gasteiger partial charge >= 0.3 is 6.18 Å². The molecule has 1 unspecified atom stereocenters. The highest BCUT2D eigenvalue weighted by Crippen LogP contribution is 2.47. The fourth-order valence-corrected chi connectivity index (χ4v) is 3.80. The first-order chi connectivity index (χ1) is 15.8. The summed E-state index contributed by atoms with van der Waals surface area (Å²) in [4.78, 5) is 37.6. The molecule has 0 radical (unpaired) electrons. The van der Waals surface area contributed by atoms with E-state index in [0.29, 0.717) is 0 Å². The number of benzene rings is 1. The number of carbonyl (C=O) groups is 3.